The molecule has 0 spiro atoms. The summed E-state index contributed by atoms with van der Waals surface area (Å²) in [5, 5.41) is 15.3. The van der Waals surface area contributed by atoms with Crippen LogP contribution in [0.25, 0.3) is 0 Å². The molecule has 0 aliphatic heterocycles. The quantitative estimate of drug-likeness (QED) is 0.825. The summed E-state index contributed by atoms with van der Waals surface area (Å²) in [6.45, 7) is 0. The molecule has 0 aliphatic carbocycles. The predicted octanol–water partition coefficient (Wildman–Crippen LogP) is 1.44. The number of rotatable bonds is 2. The molecule has 82 valence electrons. The Bertz CT molecular complexity index is 535. The summed E-state index contributed by atoms with van der Waals surface area (Å²) in [5.41, 5.74) is 6.12. The van der Waals surface area contributed by atoms with E-state index in [-0.39, 0.29) is 5.95 Å². The lowest BCUT2D eigenvalue weighted by Crippen LogP contribution is -1.99. The van der Waals surface area contributed by atoms with E-state index in [4.69, 9.17) is 28.9 Å². The third-order valence-electron chi connectivity index (χ3n) is 1.75. The van der Waals surface area contributed by atoms with Crippen LogP contribution in [0, 0.1) is 0 Å². The van der Waals surface area contributed by atoms with Crippen molar-refractivity contribution < 1.29 is 0 Å². The van der Waals surface area contributed by atoms with Crippen LogP contribution in [0.15, 0.2) is 23.3 Å². The Morgan fingerprint density at radius 2 is 2.19 bits per heavy atom. The van der Waals surface area contributed by atoms with E-state index in [1.807, 2.05) is 0 Å². The van der Waals surface area contributed by atoms with Crippen molar-refractivity contribution in [3.05, 3.63) is 33.8 Å². The van der Waals surface area contributed by atoms with Crippen LogP contribution in [0.3, 0.4) is 0 Å². The summed E-state index contributed by atoms with van der Waals surface area (Å²) in [6, 6.07) is 5.06. The number of benzene rings is 1. The number of nitrogens with zero attached hydrogens (tertiary/aromatic N) is 5. The van der Waals surface area contributed by atoms with Gasteiger partial charge in [0.15, 0.2) is 0 Å². The van der Waals surface area contributed by atoms with Crippen molar-refractivity contribution in [2.75, 3.05) is 5.73 Å². The highest BCUT2D eigenvalue weighted by molar-refractivity contribution is 6.36. The summed E-state index contributed by atoms with van der Waals surface area (Å²) in [5.74, 6) is 0.0985. The van der Waals surface area contributed by atoms with E-state index in [9.17, 15) is 0 Å². The Labute approximate surface area is 101 Å². The standard InChI is InChI=1S/C8H6Cl2N6/c9-6-2-1-5(7(10)3-6)4-12-16-8(11)13-14-15-16/h1-4H,(H2,11,13,15). The van der Waals surface area contributed by atoms with Crippen LogP contribution in [0.4, 0.5) is 5.95 Å². The summed E-state index contributed by atoms with van der Waals surface area (Å²) >= 11 is 11.7. The second-order valence-electron chi connectivity index (χ2n) is 2.84. The van der Waals surface area contributed by atoms with Crippen LogP contribution in [0.5, 0.6) is 0 Å². The Morgan fingerprint density at radius 1 is 1.38 bits per heavy atom. The van der Waals surface area contributed by atoms with Crippen molar-refractivity contribution >= 4 is 35.4 Å². The molecule has 0 saturated heterocycles. The highest BCUT2D eigenvalue weighted by Gasteiger charge is 2.00. The number of nitrogens with two attached hydrogens (primary N) is 1. The van der Waals surface area contributed by atoms with Crippen molar-refractivity contribution in [3.63, 3.8) is 0 Å². The van der Waals surface area contributed by atoms with Gasteiger partial charge in [-0.3, -0.25) is 0 Å². The largest absolute Gasteiger partial charge is 0.365 e. The number of tetrazole rings is 1. The zero-order valence-electron chi connectivity index (χ0n) is 7.88. The monoisotopic (exact) mass is 256 g/mol. The number of halogens is 2. The van der Waals surface area contributed by atoms with Gasteiger partial charge in [-0.15, -0.1) is 0 Å². The molecule has 1 heterocycles. The molecule has 0 fully saturated rings. The van der Waals surface area contributed by atoms with E-state index in [0.717, 1.165) is 4.79 Å². The minimum absolute atomic E-state index is 0.0985. The maximum atomic E-state index is 5.94. The highest BCUT2D eigenvalue weighted by Crippen LogP contribution is 2.19. The molecule has 6 nitrogen and oxygen atoms in total. The molecule has 1 aromatic heterocycles. The van der Waals surface area contributed by atoms with E-state index in [0.29, 0.717) is 15.6 Å². The van der Waals surface area contributed by atoms with Gasteiger partial charge in [-0.25, -0.2) is 0 Å². The minimum Gasteiger partial charge on any atom is -0.365 e. The zero-order chi connectivity index (χ0) is 11.5. The van der Waals surface area contributed by atoms with Gasteiger partial charge >= 0.3 is 0 Å². The molecule has 2 rings (SSSR count). The lowest BCUT2D eigenvalue weighted by molar-refractivity contribution is 0.699. The number of nitrogen functional groups attached to an aromatic ring is 1. The molecule has 0 saturated carbocycles. The first kappa shape index (κ1) is 10.8. The molecule has 0 radical (unpaired) electrons. The first-order chi connectivity index (χ1) is 7.66. The van der Waals surface area contributed by atoms with E-state index in [1.165, 1.54) is 6.21 Å². The fraction of sp³-hybridized carbons (Fsp3) is 0. The number of hydrogen-bond acceptors (Lipinski definition) is 5. The van der Waals surface area contributed by atoms with Gasteiger partial charge in [-0.2, -0.15) is 5.10 Å². The lowest BCUT2D eigenvalue weighted by Gasteiger charge is -1.97. The Hall–Kier alpha value is -1.66. The van der Waals surface area contributed by atoms with Gasteiger partial charge in [-0.05, 0) is 22.6 Å². The van der Waals surface area contributed by atoms with Gasteiger partial charge in [0, 0.05) is 10.6 Å². The van der Waals surface area contributed by atoms with Crippen molar-refractivity contribution in [2.45, 2.75) is 0 Å². The van der Waals surface area contributed by atoms with Gasteiger partial charge in [0.25, 0.3) is 5.95 Å². The molecular weight excluding hydrogens is 251 g/mol. The maximum Gasteiger partial charge on any atom is 0.263 e. The van der Waals surface area contributed by atoms with E-state index >= 15 is 0 Å². The van der Waals surface area contributed by atoms with Gasteiger partial charge < -0.3 is 5.73 Å². The summed E-state index contributed by atoms with van der Waals surface area (Å²) in [6.07, 6.45) is 1.49. The van der Waals surface area contributed by atoms with Crippen LogP contribution in [0.2, 0.25) is 10.0 Å². The third kappa shape index (κ3) is 2.29. The molecule has 8 heteroatoms. The first-order valence-electron chi connectivity index (χ1n) is 4.20. The van der Waals surface area contributed by atoms with Crippen LogP contribution in [0.1, 0.15) is 5.56 Å². The fourth-order valence-electron chi connectivity index (χ4n) is 0.995. The summed E-state index contributed by atoms with van der Waals surface area (Å²) in [4.78, 5) is 1.09. The van der Waals surface area contributed by atoms with Crippen molar-refractivity contribution in [3.8, 4) is 0 Å². The minimum atomic E-state index is 0.0985. The highest BCUT2D eigenvalue weighted by atomic mass is 35.5. The van der Waals surface area contributed by atoms with E-state index in [2.05, 4.69) is 20.6 Å². The molecule has 0 amide bonds. The summed E-state index contributed by atoms with van der Waals surface area (Å²) < 4.78 is 0. The fourth-order valence-corrected chi connectivity index (χ4v) is 1.45. The summed E-state index contributed by atoms with van der Waals surface area (Å²) in [7, 11) is 0. The Balaban J connectivity index is 2.27. The maximum absolute atomic E-state index is 5.94. The van der Waals surface area contributed by atoms with E-state index in [1.54, 1.807) is 18.2 Å². The number of aromatic nitrogens is 4. The van der Waals surface area contributed by atoms with Crippen molar-refractivity contribution in [1.82, 2.24) is 20.3 Å². The second-order valence-corrected chi connectivity index (χ2v) is 3.68. The molecule has 2 N–H and O–H groups in total. The van der Waals surface area contributed by atoms with Crippen LogP contribution in [-0.4, -0.2) is 26.5 Å². The molecule has 0 atom stereocenters. The van der Waals surface area contributed by atoms with Gasteiger partial charge in [0.2, 0.25) is 0 Å². The van der Waals surface area contributed by atoms with Crippen LogP contribution in [-0.2, 0) is 0 Å². The average molecular weight is 257 g/mol. The zero-order valence-corrected chi connectivity index (χ0v) is 9.39. The molecular formula is C8H6Cl2N6. The van der Waals surface area contributed by atoms with Gasteiger partial charge in [-0.1, -0.05) is 39.2 Å². The van der Waals surface area contributed by atoms with Crippen molar-refractivity contribution in [1.29, 1.82) is 0 Å². The van der Waals surface area contributed by atoms with Crippen molar-refractivity contribution in [2.24, 2.45) is 5.10 Å². The molecule has 0 bridgehead atoms. The van der Waals surface area contributed by atoms with E-state index < -0.39 is 0 Å². The molecule has 16 heavy (non-hydrogen) atoms. The average Bonchev–Trinajstić information content (AvgIpc) is 2.63. The Morgan fingerprint density at radius 3 is 2.81 bits per heavy atom. The van der Waals surface area contributed by atoms with Gasteiger partial charge in [0.1, 0.15) is 0 Å². The molecule has 2 aromatic rings. The van der Waals surface area contributed by atoms with Crippen LogP contribution >= 0.6 is 23.2 Å². The molecule has 1 aromatic carbocycles. The van der Waals surface area contributed by atoms with Gasteiger partial charge in [0.05, 0.1) is 11.2 Å². The first-order valence-corrected chi connectivity index (χ1v) is 4.95. The second kappa shape index (κ2) is 4.46. The smallest absolute Gasteiger partial charge is 0.263 e. The predicted molar refractivity (Wildman–Crippen MR) is 61.7 cm³/mol. The number of anilines is 1. The van der Waals surface area contributed by atoms with Crippen LogP contribution < -0.4 is 5.73 Å². The topological polar surface area (TPSA) is 82.0 Å². The normalized spacial score (nSPS) is 11.1. The SMILES string of the molecule is Nc1nnnn1N=Cc1ccc(Cl)cc1Cl. The molecule has 0 unspecified atom stereocenters. The lowest BCUT2D eigenvalue weighted by atomic mass is 10.2. The number of hydrogen-bond donors (Lipinski definition) is 1. The third-order valence-corrected chi connectivity index (χ3v) is 2.31. The molecule has 0 aliphatic rings. The Kier molecular flexibility index (Phi) is 3.02.